The van der Waals surface area contributed by atoms with E-state index < -0.39 is 0 Å². The van der Waals surface area contributed by atoms with Crippen LogP contribution in [0.1, 0.15) is 12.8 Å². The van der Waals surface area contributed by atoms with E-state index in [0.29, 0.717) is 6.54 Å². The monoisotopic (exact) mass is 347 g/mol. The Kier molecular flexibility index (Phi) is 5.59. The molecule has 1 fully saturated rings. The molecule has 0 bridgehead atoms. The van der Waals surface area contributed by atoms with Gasteiger partial charge in [-0.05, 0) is 31.0 Å². The van der Waals surface area contributed by atoms with E-state index in [-0.39, 0.29) is 12.1 Å². The van der Waals surface area contributed by atoms with E-state index in [2.05, 4.69) is 20.5 Å². The minimum Gasteiger partial charge on any atom is -0.369 e. The highest BCUT2D eigenvalue weighted by Crippen LogP contribution is 2.23. The third kappa shape index (κ3) is 4.64. The van der Waals surface area contributed by atoms with Crippen molar-refractivity contribution in [2.24, 2.45) is 0 Å². The van der Waals surface area contributed by atoms with Gasteiger partial charge >= 0.3 is 6.03 Å². The van der Waals surface area contributed by atoms with Gasteiger partial charge in [0.25, 0.3) is 0 Å². The molecular formula is C17H22ClN5O. The van der Waals surface area contributed by atoms with Gasteiger partial charge in [-0.2, -0.15) is 0 Å². The number of halogens is 1. The van der Waals surface area contributed by atoms with Crippen molar-refractivity contribution in [3.05, 3.63) is 48.0 Å². The van der Waals surface area contributed by atoms with E-state index in [9.17, 15) is 4.79 Å². The molecule has 0 saturated carbocycles. The molecule has 1 aliphatic rings. The molecule has 6 nitrogen and oxygen atoms in total. The molecule has 7 heteroatoms. The molecule has 24 heavy (non-hydrogen) atoms. The van der Waals surface area contributed by atoms with E-state index in [0.717, 1.165) is 43.2 Å². The van der Waals surface area contributed by atoms with E-state index >= 15 is 0 Å². The molecule has 1 aromatic carbocycles. The largest absolute Gasteiger partial charge is 0.369 e. The standard InChI is InChI=1S/C17H22ClN5O/c18-14-3-1-4-16(11-14)23-9-5-15(12-23)21-17(24)20-6-2-8-22-10-7-19-13-22/h1,3-4,7,10-11,13,15H,2,5-6,8-9,12H2,(H2,20,21,24)/t15-/m0/s1. The van der Waals surface area contributed by atoms with Gasteiger partial charge in [-0.1, -0.05) is 17.7 Å². The predicted molar refractivity (Wildman–Crippen MR) is 95.4 cm³/mol. The number of anilines is 1. The highest BCUT2D eigenvalue weighted by Gasteiger charge is 2.24. The first kappa shape index (κ1) is 16.6. The summed E-state index contributed by atoms with van der Waals surface area (Å²) in [7, 11) is 0. The number of carbonyl (C=O) groups is 1. The maximum Gasteiger partial charge on any atom is 0.315 e. The van der Waals surface area contributed by atoms with E-state index in [1.165, 1.54) is 0 Å². The normalized spacial score (nSPS) is 17.0. The third-order valence-corrected chi connectivity index (χ3v) is 4.37. The Morgan fingerprint density at radius 1 is 1.42 bits per heavy atom. The van der Waals surface area contributed by atoms with Crippen LogP contribution >= 0.6 is 11.6 Å². The van der Waals surface area contributed by atoms with Crippen LogP contribution in [-0.2, 0) is 6.54 Å². The minimum absolute atomic E-state index is 0.0985. The molecule has 1 saturated heterocycles. The Bertz CT molecular complexity index is 661. The number of nitrogens with one attached hydrogen (secondary N) is 2. The Morgan fingerprint density at radius 2 is 2.33 bits per heavy atom. The first-order valence-electron chi connectivity index (χ1n) is 8.21. The minimum atomic E-state index is -0.0985. The zero-order valence-electron chi connectivity index (χ0n) is 13.5. The molecule has 2 aromatic rings. The van der Waals surface area contributed by atoms with Crippen molar-refractivity contribution >= 4 is 23.3 Å². The van der Waals surface area contributed by atoms with Crippen LogP contribution in [0.3, 0.4) is 0 Å². The summed E-state index contributed by atoms with van der Waals surface area (Å²) < 4.78 is 2.00. The second-order valence-corrected chi connectivity index (χ2v) is 6.40. The number of benzene rings is 1. The van der Waals surface area contributed by atoms with Crippen LogP contribution in [0, 0.1) is 0 Å². The van der Waals surface area contributed by atoms with Crippen LogP contribution in [0.25, 0.3) is 0 Å². The van der Waals surface area contributed by atoms with Gasteiger partial charge in [0, 0.05) is 55.3 Å². The summed E-state index contributed by atoms with van der Waals surface area (Å²) in [5, 5.41) is 6.69. The lowest BCUT2D eigenvalue weighted by molar-refractivity contribution is 0.237. The number of amides is 2. The fraction of sp³-hybridized carbons (Fsp3) is 0.412. The smallest absolute Gasteiger partial charge is 0.315 e. The Morgan fingerprint density at radius 3 is 3.12 bits per heavy atom. The number of nitrogens with zero attached hydrogens (tertiary/aromatic N) is 3. The Labute approximate surface area is 146 Å². The van der Waals surface area contributed by atoms with Crippen LogP contribution in [-0.4, -0.2) is 41.3 Å². The second kappa shape index (κ2) is 8.06. The fourth-order valence-corrected chi connectivity index (χ4v) is 3.09. The molecule has 2 amide bonds. The number of urea groups is 1. The van der Waals surface area contributed by atoms with Gasteiger partial charge in [0.15, 0.2) is 0 Å². The van der Waals surface area contributed by atoms with Gasteiger partial charge < -0.3 is 20.1 Å². The molecule has 0 unspecified atom stereocenters. The number of aryl methyl sites for hydroxylation is 1. The third-order valence-electron chi connectivity index (χ3n) is 4.13. The highest BCUT2D eigenvalue weighted by atomic mass is 35.5. The average Bonchev–Trinajstić information content (AvgIpc) is 3.23. The van der Waals surface area contributed by atoms with Crippen molar-refractivity contribution in [1.29, 1.82) is 0 Å². The molecule has 0 aliphatic carbocycles. The van der Waals surface area contributed by atoms with Crippen LogP contribution in [0.5, 0.6) is 0 Å². The lowest BCUT2D eigenvalue weighted by Gasteiger charge is -2.19. The number of rotatable bonds is 6. The average molecular weight is 348 g/mol. The molecule has 1 aromatic heterocycles. The zero-order chi connectivity index (χ0) is 16.8. The molecule has 2 N–H and O–H groups in total. The quantitative estimate of drug-likeness (QED) is 0.789. The van der Waals surface area contributed by atoms with Crippen LogP contribution in [0.2, 0.25) is 5.02 Å². The summed E-state index contributed by atoms with van der Waals surface area (Å²) in [6.07, 6.45) is 7.27. The van der Waals surface area contributed by atoms with E-state index in [1.54, 1.807) is 12.5 Å². The van der Waals surface area contributed by atoms with Gasteiger partial charge in [-0.25, -0.2) is 9.78 Å². The van der Waals surface area contributed by atoms with Crippen molar-refractivity contribution in [1.82, 2.24) is 20.2 Å². The highest BCUT2D eigenvalue weighted by molar-refractivity contribution is 6.30. The van der Waals surface area contributed by atoms with Crippen molar-refractivity contribution in [3.63, 3.8) is 0 Å². The van der Waals surface area contributed by atoms with Crippen molar-refractivity contribution in [2.45, 2.75) is 25.4 Å². The van der Waals surface area contributed by atoms with Crippen molar-refractivity contribution < 1.29 is 4.79 Å². The fourth-order valence-electron chi connectivity index (χ4n) is 2.90. The van der Waals surface area contributed by atoms with Crippen LogP contribution < -0.4 is 15.5 Å². The number of hydrogen-bond donors (Lipinski definition) is 2. The maximum atomic E-state index is 12.0. The molecule has 2 heterocycles. The van der Waals surface area contributed by atoms with Crippen molar-refractivity contribution in [2.75, 3.05) is 24.5 Å². The van der Waals surface area contributed by atoms with Gasteiger partial charge in [0.1, 0.15) is 0 Å². The van der Waals surface area contributed by atoms with Crippen LogP contribution in [0.15, 0.2) is 43.0 Å². The van der Waals surface area contributed by atoms with Gasteiger partial charge in [0.2, 0.25) is 0 Å². The lowest BCUT2D eigenvalue weighted by atomic mass is 10.3. The maximum absolute atomic E-state index is 12.0. The summed E-state index contributed by atoms with van der Waals surface area (Å²) in [5.41, 5.74) is 1.10. The van der Waals surface area contributed by atoms with Crippen molar-refractivity contribution in [3.8, 4) is 0 Å². The van der Waals surface area contributed by atoms with Gasteiger partial charge in [-0.3, -0.25) is 0 Å². The SMILES string of the molecule is O=C(NCCCn1ccnc1)N[C@H]1CCN(c2cccc(Cl)c2)C1. The molecular weight excluding hydrogens is 326 g/mol. The summed E-state index contributed by atoms with van der Waals surface area (Å²) >= 11 is 6.04. The Balaban J connectivity index is 1.36. The number of hydrogen-bond acceptors (Lipinski definition) is 3. The summed E-state index contributed by atoms with van der Waals surface area (Å²) in [5.74, 6) is 0. The zero-order valence-corrected chi connectivity index (χ0v) is 14.2. The predicted octanol–water partition coefficient (Wildman–Crippen LogP) is 2.50. The molecule has 0 radical (unpaired) electrons. The molecule has 1 aliphatic heterocycles. The number of imidazole rings is 1. The first-order chi connectivity index (χ1) is 11.7. The molecule has 0 spiro atoms. The molecule has 128 valence electrons. The van der Waals surface area contributed by atoms with E-state index in [4.69, 9.17) is 11.6 Å². The van der Waals surface area contributed by atoms with Gasteiger partial charge in [-0.15, -0.1) is 0 Å². The van der Waals surface area contributed by atoms with E-state index in [1.807, 2.05) is 35.0 Å². The first-order valence-corrected chi connectivity index (χ1v) is 8.59. The lowest BCUT2D eigenvalue weighted by Crippen LogP contribution is -2.43. The number of carbonyl (C=O) groups excluding carboxylic acids is 1. The second-order valence-electron chi connectivity index (χ2n) is 5.97. The van der Waals surface area contributed by atoms with Gasteiger partial charge in [0.05, 0.1) is 6.33 Å². The molecule has 3 rings (SSSR count). The number of aromatic nitrogens is 2. The van der Waals surface area contributed by atoms with Crippen LogP contribution in [0.4, 0.5) is 10.5 Å². The molecule has 1 atom stereocenters. The topological polar surface area (TPSA) is 62.2 Å². The summed E-state index contributed by atoms with van der Waals surface area (Å²) in [6.45, 7) is 3.23. The summed E-state index contributed by atoms with van der Waals surface area (Å²) in [4.78, 5) is 18.2. The Hall–Kier alpha value is -2.21. The summed E-state index contributed by atoms with van der Waals surface area (Å²) in [6, 6.07) is 7.89.